The molecule has 1 aliphatic rings. The first kappa shape index (κ1) is 13.9. The number of cyclic esters (lactones) is 2. The molecular formula is C7H8F2O7S. The van der Waals surface area contributed by atoms with Crippen LogP contribution in [0.15, 0.2) is 0 Å². The number of esters is 1. The summed E-state index contributed by atoms with van der Waals surface area (Å²) in [6.07, 6.45) is -1.81. The second-order valence-corrected chi connectivity index (χ2v) is 3.55. The van der Waals surface area contributed by atoms with Crippen molar-refractivity contribution in [3.05, 3.63) is 0 Å². The van der Waals surface area contributed by atoms with Crippen LogP contribution in [-0.2, 0) is 28.2 Å². The molecule has 0 amide bonds. The van der Waals surface area contributed by atoms with Gasteiger partial charge in [0.05, 0.1) is 7.11 Å². The van der Waals surface area contributed by atoms with Crippen LogP contribution in [0, 0.1) is 0 Å². The molecule has 1 aliphatic heterocycles. The fourth-order valence-corrected chi connectivity index (χ4v) is 1.09. The normalized spacial score (nSPS) is 19.7. The van der Waals surface area contributed by atoms with Crippen molar-refractivity contribution < 1.29 is 41.8 Å². The number of hydrogen-bond donors (Lipinski definition) is 0. The maximum Gasteiger partial charge on any atom is 0.508 e. The van der Waals surface area contributed by atoms with Gasteiger partial charge in [-0.3, -0.25) is 0 Å². The summed E-state index contributed by atoms with van der Waals surface area (Å²) in [5, 5.41) is -3.92. The molecule has 0 aliphatic carbocycles. The molecule has 0 aromatic rings. The van der Waals surface area contributed by atoms with E-state index in [1.807, 2.05) is 0 Å². The Morgan fingerprint density at radius 2 is 2.35 bits per heavy atom. The minimum atomic E-state index is -3.92. The van der Waals surface area contributed by atoms with Crippen molar-refractivity contribution >= 4 is 24.2 Å². The Labute approximate surface area is 98.4 Å². The maximum absolute atomic E-state index is 12.9. The largest absolute Gasteiger partial charge is 0.508 e. The molecule has 0 radical (unpaired) electrons. The van der Waals surface area contributed by atoms with E-state index in [1.54, 1.807) is 0 Å². The first-order chi connectivity index (χ1) is 7.95. The molecule has 1 saturated heterocycles. The minimum absolute atomic E-state index is 0.153. The van der Waals surface area contributed by atoms with E-state index in [-0.39, 0.29) is 6.61 Å². The highest BCUT2D eigenvalue weighted by molar-refractivity contribution is 7.96. The minimum Gasteiger partial charge on any atom is -0.456 e. The van der Waals surface area contributed by atoms with E-state index in [2.05, 4.69) is 23.4 Å². The molecule has 1 unspecified atom stereocenters. The maximum atomic E-state index is 12.9. The number of carbonyl (C=O) groups excluding carboxylic acids is 2. The third-order valence-electron chi connectivity index (χ3n) is 1.49. The first-order valence-electron chi connectivity index (χ1n) is 4.22. The molecule has 0 saturated carbocycles. The molecule has 1 rings (SSSR count). The third kappa shape index (κ3) is 4.32. The Morgan fingerprint density at radius 3 is 2.88 bits per heavy atom. The highest BCUT2D eigenvalue weighted by Crippen LogP contribution is 2.31. The zero-order valence-electron chi connectivity index (χ0n) is 8.51. The van der Waals surface area contributed by atoms with Crippen molar-refractivity contribution in [2.45, 2.75) is 11.4 Å². The summed E-state index contributed by atoms with van der Waals surface area (Å²) in [7, 11) is 1.00. The van der Waals surface area contributed by atoms with Crippen molar-refractivity contribution in [2.75, 3.05) is 20.3 Å². The number of ether oxygens (including phenoxy) is 3. The lowest BCUT2D eigenvalue weighted by Crippen LogP contribution is -2.31. The molecule has 1 heterocycles. The Hall–Kier alpha value is -1.13. The summed E-state index contributed by atoms with van der Waals surface area (Å²) in [5.74, 6) is -1.83. The molecule has 1 atom stereocenters. The van der Waals surface area contributed by atoms with Gasteiger partial charge in [-0.2, -0.15) is 13.1 Å². The monoisotopic (exact) mass is 274 g/mol. The number of alkyl halides is 2. The SMILES string of the molecule is COOSC(F)(F)C(=O)OCC1COC(=O)O1. The van der Waals surface area contributed by atoms with Crippen LogP contribution in [0.2, 0.25) is 0 Å². The van der Waals surface area contributed by atoms with Crippen LogP contribution in [0.5, 0.6) is 0 Å². The van der Waals surface area contributed by atoms with E-state index in [9.17, 15) is 18.4 Å². The fraction of sp³-hybridized carbons (Fsp3) is 0.714. The van der Waals surface area contributed by atoms with E-state index >= 15 is 0 Å². The van der Waals surface area contributed by atoms with Crippen LogP contribution in [0.1, 0.15) is 0 Å². The van der Waals surface area contributed by atoms with Crippen LogP contribution in [0.4, 0.5) is 13.6 Å². The highest BCUT2D eigenvalue weighted by Gasteiger charge is 2.44. The zero-order valence-corrected chi connectivity index (χ0v) is 9.33. The van der Waals surface area contributed by atoms with Crippen molar-refractivity contribution in [1.82, 2.24) is 0 Å². The third-order valence-corrected chi connectivity index (χ3v) is 2.07. The van der Waals surface area contributed by atoms with Gasteiger partial charge in [0.15, 0.2) is 6.10 Å². The van der Waals surface area contributed by atoms with Gasteiger partial charge in [0.1, 0.15) is 25.3 Å². The predicted molar refractivity (Wildman–Crippen MR) is 47.8 cm³/mol. The van der Waals surface area contributed by atoms with E-state index in [4.69, 9.17) is 0 Å². The Morgan fingerprint density at radius 1 is 1.65 bits per heavy atom. The van der Waals surface area contributed by atoms with Crippen molar-refractivity contribution in [1.29, 1.82) is 0 Å². The number of rotatable bonds is 6. The Bertz CT molecular complexity index is 298. The van der Waals surface area contributed by atoms with E-state index < -0.39 is 42.1 Å². The van der Waals surface area contributed by atoms with Gasteiger partial charge in [-0.1, -0.05) is 0 Å². The van der Waals surface area contributed by atoms with Gasteiger partial charge in [-0.25, -0.2) is 14.5 Å². The molecule has 17 heavy (non-hydrogen) atoms. The Kier molecular flexibility index (Phi) is 4.90. The van der Waals surface area contributed by atoms with Crippen LogP contribution in [0.3, 0.4) is 0 Å². The van der Waals surface area contributed by atoms with E-state index in [1.165, 1.54) is 0 Å². The average Bonchev–Trinajstić information content (AvgIpc) is 2.69. The zero-order chi connectivity index (χ0) is 12.9. The number of halogens is 2. The van der Waals surface area contributed by atoms with Gasteiger partial charge >= 0.3 is 17.4 Å². The topological polar surface area (TPSA) is 80.3 Å². The molecule has 0 spiro atoms. The van der Waals surface area contributed by atoms with Gasteiger partial charge in [-0.15, -0.1) is 0 Å². The second kappa shape index (κ2) is 5.98. The summed E-state index contributed by atoms with van der Waals surface area (Å²) in [6, 6.07) is 0. The molecule has 0 aromatic carbocycles. The van der Waals surface area contributed by atoms with Crippen LogP contribution >= 0.6 is 12.0 Å². The Balaban J connectivity index is 2.30. The van der Waals surface area contributed by atoms with Gasteiger partial charge in [-0.05, 0) is 0 Å². The molecule has 7 nitrogen and oxygen atoms in total. The van der Waals surface area contributed by atoms with Gasteiger partial charge in [0.25, 0.3) is 0 Å². The summed E-state index contributed by atoms with van der Waals surface area (Å²) < 4.78 is 42.7. The molecule has 0 N–H and O–H groups in total. The lowest BCUT2D eigenvalue weighted by atomic mass is 10.4. The summed E-state index contributed by atoms with van der Waals surface area (Å²) in [4.78, 5) is 25.3. The summed E-state index contributed by atoms with van der Waals surface area (Å²) >= 11 is -0.499. The van der Waals surface area contributed by atoms with Crippen LogP contribution < -0.4 is 0 Å². The molecule has 0 aromatic heterocycles. The van der Waals surface area contributed by atoms with Crippen LogP contribution in [-0.4, -0.2) is 43.8 Å². The number of carbonyl (C=O) groups is 2. The van der Waals surface area contributed by atoms with Gasteiger partial charge in [0.2, 0.25) is 0 Å². The highest BCUT2D eigenvalue weighted by atomic mass is 32.2. The second-order valence-electron chi connectivity index (χ2n) is 2.73. The van der Waals surface area contributed by atoms with E-state index in [0.29, 0.717) is 0 Å². The average molecular weight is 274 g/mol. The lowest BCUT2D eigenvalue weighted by Gasteiger charge is -2.13. The standard InChI is InChI=1S/C7H8F2O7S/c1-12-16-17-7(8,9)5(10)13-2-4-3-14-6(11)15-4/h4H,2-3H2,1H3. The predicted octanol–water partition coefficient (Wildman–Crippen LogP) is 0.884. The van der Waals surface area contributed by atoms with Gasteiger partial charge in [0, 0.05) is 0 Å². The van der Waals surface area contributed by atoms with Crippen molar-refractivity contribution in [3.63, 3.8) is 0 Å². The summed E-state index contributed by atoms with van der Waals surface area (Å²) in [5.41, 5.74) is 0. The lowest BCUT2D eigenvalue weighted by molar-refractivity contribution is -0.177. The van der Waals surface area contributed by atoms with Crippen molar-refractivity contribution in [3.8, 4) is 0 Å². The summed E-state index contributed by atoms with van der Waals surface area (Å²) in [6.45, 7) is -0.674. The smallest absolute Gasteiger partial charge is 0.456 e. The molecule has 98 valence electrons. The quantitative estimate of drug-likeness (QED) is 0.305. The molecule has 0 bridgehead atoms. The van der Waals surface area contributed by atoms with Crippen molar-refractivity contribution in [2.24, 2.45) is 0 Å². The molecule has 1 fully saturated rings. The van der Waals surface area contributed by atoms with E-state index in [0.717, 1.165) is 7.11 Å². The molecule has 10 heteroatoms. The fourth-order valence-electron chi connectivity index (χ4n) is 0.811. The first-order valence-corrected chi connectivity index (χ1v) is 4.97. The van der Waals surface area contributed by atoms with Crippen LogP contribution in [0.25, 0.3) is 0 Å². The number of hydrogen-bond acceptors (Lipinski definition) is 8. The molecular weight excluding hydrogens is 266 g/mol. The van der Waals surface area contributed by atoms with Gasteiger partial charge < -0.3 is 14.2 Å².